The number of benzene rings is 5. The van der Waals surface area contributed by atoms with Crippen molar-refractivity contribution >= 4 is 60.1 Å². The monoisotopic (exact) mass is 600 g/mol. The summed E-state index contributed by atoms with van der Waals surface area (Å²) in [6, 6.07) is 46.9. The maximum Gasteiger partial charge on any atom is 0.0440 e. The lowest BCUT2D eigenvalue weighted by atomic mass is 9.82. The zero-order valence-corrected chi connectivity index (χ0v) is 24.3. The fourth-order valence-corrected chi connectivity index (χ4v) is 8.15. The highest BCUT2D eigenvalue weighted by molar-refractivity contribution is 9.10. The molecule has 0 radical (unpaired) electrons. The van der Waals surface area contributed by atoms with Gasteiger partial charge in [0, 0.05) is 26.1 Å². The van der Waals surface area contributed by atoms with E-state index in [1.54, 1.807) is 0 Å². The van der Waals surface area contributed by atoms with Crippen LogP contribution in [0.1, 0.15) is 43.8 Å². The van der Waals surface area contributed by atoms with Crippen LogP contribution in [0.3, 0.4) is 0 Å². The van der Waals surface area contributed by atoms with Crippen LogP contribution in [0.2, 0.25) is 0 Å². The fourth-order valence-electron chi connectivity index (χ4n) is 5.88. The van der Waals surface area contributed by atoms with Crippen LogP contribution in [0.4, 0.5) is 0 Å². The first-order valence-electron chi connectivity index (χ1n) is 13.1. The lowest BCUT2D eigenvalue weighted by Gasteiger charge is -2.24. The molecule has 0 aliphatic rings. The van der Waals surface area contributed by atoms with Crippen molar-refractivity contribution in [3.63, 3.8) is 0 Å². The Labute approximate surface area is 245 Å². The lowest BCUT2D eigenvalue weighted by molar-refractivity contribution is 0.972. The van der Waals surface area contributed by atoms with Crippen LogP contribution in [-0.2, 0) is 0 Å². The summed E-state index contributed by atoms with van der Waals surface area (Å²) in [6.45, 7) is 0. The first-order chi connectivity index (χ1) is 19.3. The third-order valence-corrected chi connectivity index (χ3v) is 9.87. The molecule has 2 aromatic heterocycles. The molecular formula is C36H25BrS2. The van der Waals surface area contributed by atoms with Gasteiger partial charge in [-0.15, -0.1) is 22.7 Å². The van der Waals surface area contributed by atoms with Crippen molar-refractivity contribution in [1.82, 2.24) is 0 Å². The van der Waals surface area contributed by atoms with Gasteiger partial charge in [-0.1, -0.05) is 119 Å². The Morgan fingerprint density at radius 2 is 0.923 bits per heavy atom. The Kier molecular flexibility index (Phi) is 6.65. The third-order valence-electron chi connectivity index (χ3n) is 7.53. The standard InChI is InChI=1S/C36H25BrS2/c37-28-22-26(35(33-17-7-19-38-33)31-15-5-11-24-9-1-3-13-29(24)31)21-27(23-28)36(34-18-8-20-39-34)32-16-6-12-25-10-2-4-14-30(25)32/h1-23,35-36H. The summed E-state index contributed by atoms with van der Waals surface area (Å²) in [5.41, 5.74) is 5.30. The van der Waals surface area contributed by atoms with Crippen LogP contribution in [0.5, 0.6) is 0 Å². The molecule has 0 N–H and O–H groups in total. The van der Waals surface area contributed by atoms with Gasteiger partial charge in [0.1, 0.15) is 0 Å². The summed E-state index contributed by atoms with van der Waals surface area (Å²) >= 11 is 7.59. The van der Waals surface area contributed by atoms with E-state index in [2.05, 4.69) is 154 Å². The molecule has 2 unspecified atom stereocenters. The zero-order chi connectivity index (χ0) is 26.2. The highest BCUT2D eigenvalue weighted by Crippen LogP contribution is 2.43. The molecule has 39 heavy (non-hydrogen) atoms. The minimum atomic E-state index is 0.142. The number of thiophene rings is 2. The minimum absolute atomic E-state index is 0.142. The summed E-state index contributed by atoms with van der Waals surface area (Å²) in [6.07, 6.45) is 0. The van der Waals surface area contributed by atoms with Gasteiger partial charge in [0.15, 0.2) is 0 Å². The van der Waals surface area contributed by atoms with Gasteiger partial charge in [-0.25, -0.2) is 0 Å². The molecule has 7 rings (SSSR count). The van der Waals surface area contributed by atoms with Crippen LogP contribution in [0.15, 0.2) is 143 Å². The second kappa shape index (κ2) is 10.6. The van der Waals surface area contributed by atoms with E-state index in [9.17, 15) is 0 Å². The van der Waals surface area contributed by atoms with Crippen LogP contribution >= 0.6 is 38.6 Å². The third kappa shape index (κ3) is 4.65. The van der Waals surface area contributed by atoms with Crippen LogP contribution in [0.25, 0.3) is 21.5 Å². The Balaban J connectivity index is 1.46. The van der Waals surface area contributed by atoms with Crippen molar-refractivity contribution < 1.29 is 0 Å². The van der Waals surface area contributed by atoms with E-state index in [0.717, 1.165) is 4.47 Å². The van der Waals surface area contributed by atoms with Gasteiger partial charge >= 0.3 is 0 Å². The Morgan fingerprint density at radius 3 is 1.38 bits per heavy atom. The van der Waals surface area contributed by atoms with E-state index in [1.165, 1.54) is 53.6 Å². The highest BCUT2D eigenvalue weighted by atomic mass is 79.9. The topological polar surface area (TPSA) is 0 Å². The lowest BCUT2D eigenvalue weighted by Crippen LogP contribution is -2.07. The fraction of sp³-hybridized carbons (Fsp3) is 0.0556. The molecule has 5 aromatic carbocycles. The van der Waals surface area contributed by atoms with E-state index >= 15 is 0 Å². The van der Waals surface area contributed by atoms with Crippen LogP contribution in [0, 0.1) is 0 Å². The Hall–Kier alpha value is -3.50. The molecule has 0 fully saturated rings. The molecule has 0 spiro atoms. The predicted octanol–water partition coefficient (Wildman–Crippen LogP) is 11.2. The zero-order valence-electron chi connectivity index (χ0n) is 21.1. The second-order valence-electron chi connectivity index (χ2n) is 9.85. The molecular weight excluding hydrogens is 576 g/mol. The summed E-state index contributed by atoms with van der Waals surface area (Å²) in [5, 5.41) is 9.55. The van der Waals surface area contributed by atoms with Gasteiger partial charge in [0.2, 0.25) is 0 Å². The molecule has 2 atom stereocenters. The van der Waals surface area contributed by atoms with Crippen molar-refractivity contribution in [2.24, 2.45) is 0 Å². The smallest absolute Gasteiger partial charge is 0.0440 e. The van der Waals surface area contributed by atoms with Crippen molar-refractivity contribution in [2.45, 2.75) is 11.8 Å². The normalized spacial score (nSPS) is 13.1. The first-order valence-corrected chi connectivity index (χ1v) is 15.6. The number of halogens is 1. The number of rotatable bonds is 6. The molecule has 0 bridgehead atoms. The van der Waals surface area contributed by atoms with Gasteiger partial charge in [0.05, 0.1) is 0 Å². The molecule has 2 heterocycles. The molecule has 0 amide bonds. The van der Waals surface area contributed by atoms with Crippen LogP contribution in [-0.4, -0.2) is 0 Å². The average molecular weight is 602 g/mol. The minimum Gasteiger partial charge on any atom is -0.148 e. The van der Waals surface area contributed by atoms with Gasteiger partial charge in [-0.05, 0) is 78.8 Å². The summed E-state index contributed by atoms with van der Waals surface area (Å²) in [5.74, 6) is 0.285. The maximum atomic E-state index is 3.93. The van der Waals surface area contributed by atoms with E-state index in [-0.39, 0.29) is 11.8 Å². The van der Waals surface area contributed by atoms with Crippen molar-refractivity contribution in [1.29, 1.82) is 0 Å². The number of hydrogen-bond acceptors (Lipinski definition) is 2. The summed E-state index contributed by atoms with van der Waals surface area (Å²) < 4.78 is 1.11. The van der Waals surface area contributed by atoms with Crippen molar-refractivity contribution in [2.75, 3.05) is 0 Å². The number of hydrogen-bond donors (Lipinski definition) is 0. The molecule has 7 aromatic rings. The summed E-state index contributed by atoms with van der Waals surface area (Å²) in [7, 11) is 0. The molecule has 0 saturated heterocycles. The van der Waals surface area contributed by atoms with E-state index in [4.69, 9.17) is 0 Å². The predicted molar refractivity (Wildman–Crippen MR) is 173 cm³/mol. The second-order valence-corrected chi connectivity index (χ2v) is 12.7. The Morgan fingerprint density at radius 1 is 0.462 bits per heavy atom. The molecule has 0 saturated carbocycles. The van der Waals surface area contributed by atoms with Crippen molar-refractivity contribution in [3.8, 4) is 0 Å². The van der Waals surface area contributed by atoms with Crippen molar-refractivity contribution in [3.05, 3.63) is 175 Å². The highest BCUT2D eigenvalue weighted by Gasteiger charge is 2.25. The SMILES string of the molecule is Brc1cc(C(c2cccs2)c2cccc3ccccc23)cc(C(c2cccs2)c2cccc3ccccc23)c1. The Bertz CT molecular complexity index is 1740. The van der Waals surface area contributed by atoms with Gasteiger partial charge in [-0.3, -0.25) is 0 Å². The summed E-state index contributed by atoms with van der Waals surface area (Å²) in [4.78, 5) is 2.71. The van der Waals surface area contributed by atoms with E-state index < -0.39 is 0 Å². The van der Waals surface area contributed by atoms with E-state index in [0.29, 0.717) is 0 Å². The maximum absolute atomic E-state index is 3.93. The average Bonchev–Trinajstić information content (AvgIpc) is 3.69. The number of fused-ring (bicyclic) bond motifs is 2. The molecule has 3 heteroatoms. The van der Waals surface area contributed by atoms with Gasteiger partial charge < -0.3 is 0 Å². The van der Waals surface area contributed by atoms with E-state index in [1.807, 2.05) is 22.7 Å². The van der Waals surface area contributed by atoms with Gasteiger partial charge in [0.25, 0.3) is 0 Å². The van der Waals surface area contributed by atoms with Crippen LogP contribution < -0.4 is 0 Å². The molecule has 0 aliphatic carbocycles. The molecule has 188 valence electrons. The van der Waals surface area contributed by atoms with Gasteiger partial charge in [-0.2, -0.15) is 0 Å². The molecule has 0 aliphatic heterocycles. The molecule has 0 nitrogen and oxygen atoms in total. The quantitative estimate of drug-likeness (QED) is 0.178. The largest absolute Gasteiger partial charge is 0.148 e. The first kappa shape index (κ1) is 24.5.